The summed E-state index contributed by atoms with van der Waals surface area (Å²) in [5, 5.41) is 3.51. The van der Waals surface area contributed by atoms with E-state index in [0.29, 0.717) is 22.6 Å². The molecule has 0 atom stereocenters. The number of nitrogen functional groups attached to an aromatic ring is 1. The van der Waals surface area contributed by atoms with Crippen LogP contribution < -0.4 is 10.5 Å². The van der Waals surface area contributed by atoms with Crippen molar-refractivity contribution in [2.75, 3.05) is 5.73 Å². The molecule has 3 N–H and O–H groups in total. The van der Waals surface area contributed by atoms with Gasteiger partial charge >= 0.3 is 0 Å². The third-order valence-corrected chi connectivity index (χ3v) is 4.53. The molecule has 102 valence electrons. The summed E-state index contributed by atoms with van der Waals surface area (Å²) in [6, 6.07) is 4.98. The first kappa shape index (κ1) is 13.6. The quantitative estimate of drug-likeness (QED) is 0.824. The van der Waals surface area contributed by atoms with Crippen LogP contribution in [0.25, 0.3) is 0 Å². The van der Waals surface area contributed by atoms with Gasteiger partial charge in [0.15, 0.2) is 5.76 Å². The summed E-state index contributed by atoms with van der Waals surface area (Å²) in [7, 11) is -3.64. The van der Waals surface area contributed by atoms with E-state index in [4.69, 9.17) is 10.3 Å². The summed E-state index contributed by atoms with van der Waals surface area (Å²) in [4.78, 5) is 0.215. The Labute approximate surface area is 111 Å². The molecule has 0 fully saturated rings. The first-order valence-electron chi connectivity index (χ1n) is 5.66. The number of nitrogens with zero attached hydrogens (tertiary/aromatic N) is 1. The van der Waals surface area contributed by atoms with Gasteiger partial charge in [-0.25, -0.2) is 13.1 Å². The largest absolute Gasteiger partial charge is 0.398 e. The van der Waals surface area contributed by atoms with Crippen LogP contribution in [-0.2, 0) is 16.6 Å². The molecule has 1 aromatic heterocycles. The zero-order chi connectivity index (χ0) is 14.0. The summed E-state index contributed by atoms with van der Waals surface area (Å²) in [6.45, 7) is 3.47. The van der Waals surface area contributed by atoms with E-state index in [2.05, 4.69) is 9.88 Å². The number of sulfonamides is 1. The minimum atomic E-state index is -3.64. The van der Waals surface area contributed by atoms with Crippen molar-refractivity contribution in [1.82, 2.24) is 9.88 Å². The van der Waals surface area contributed by atoms with E-state index in [-0.39, 0.29) is 11.4 Å². The summed E-state index contributed by atoms with van der Waals surface area (Å²) in [5.74, 6) is 0.447. The molecule has 0 bridgehead atoms. The number of aryl methyl sites for hydroxylation is 1. The first-order valence-corrected chi connectivity index (χ1v) is 7.15. The van der Waals surface area contributed by atoms with Gasteiger partial charge in [-0.15, -0.1) is 0 Å². The topological polar surface area (TPSA) is 98.2 Å². The molecule has 0 unspecified atom stereocenters. The van der Waals surface area contributed by atoms with Gasteiger partial charge in [-0.2, -0.15) is 0 Å². The number of hydrogen-bond donors (Lipinski definition) is 2. The highest BCUT2D eigenvalue weighted by Gasteiger charge is 2.20. The van der Waals surface area contributed by atoms with Crippen LogP contribution in [0.5, 0.6) is 0 Å². The number of benzene rings is 1. The van der Waals surface area contributed by atoms with Crippen LogP contribution in [0.15, 0.2) is 33.8 Å². The predicted molar refractivity (Wildman–Crippen MR) is 70.9 cm³/mol. The van der Waals surface area contributed by atoms with Crippen molar-refractivity contribution < 1.29 is 12.9 Å². The van der Waals surface area contributed by atoms with Crippen LogP contribution >= 0.6 is 0 Å². The number of anilines is 1. The number of nitrogens with two attached hydrogens (primary N) is 1. The summed E-state index contributed by atoms with van der Waals surface area (Å²) < 4.78 is 31.9. The van der Waals surface area contributed by atoms with Crippen LogP contribution in [0.4, 0.5) is 5.69 Å². The fourth-order valence-electron chi connectivity index (χ4n) is 1.83. The van der Waals surface area contributed by atoms with Crippen LogP contribution in [-0.4, -0.2) is 13.6 Å². The Kier molecular flexibility index (Phi) is 3.59. The lowest BCUT2D eigenvalue weighted by atomic mass is 10.1. The van der Waals surface area contributed by atoms with Gasteiger partial charge in [-0.1, -0.05) is 11.2 Å². The Bertz CT molecular complexity index is 678. The van der Waals surface area contributed by atoms with Crippen LogP contribution in [0, 0.1) is 13.8 Å². The normalized spacial score (nSPS) is 11.7. The van der Waals surface area contributed by atoms with Gasteiger partial charge in [0.25, 0.3) is 0 Å². The third-order valence-electron chi connectivity index (χ3n) is 2.84. The molecule has 1 heterocycles. The smallest absolute Gasteiger partial charge is 0.241 e. The van der Waals surface area contributed by atoms with Gasteiger partial charge in [0.1, 0.15) is 0 Å². The highest BCUT2D eigenvalue weighted by Crippen LogP contribution is 2.24. The maximum atomic E-state index is 12.3. The van der Waals surface area contributed by atoms with E-state index in [1.54, 1.807) is 32.0 Å². The van der Waals surface area contributed by atoms with E-state index in [1.165, 1.54) is 6.20 Å². The number of nitrogens with one attached hydrogen (secondary N) is 1. The molecule has 0 saturated heterocycles. The standard InChI is InChI=1S/C12H15N3O3S/c1-8-3-4-11(13)9(2)12(8)19(16,17)15-7-10-5-6-14-18-10/h3-6,15H,7,13H2,1-2H3. The summed E-state index contributed by atoms with van der Waals surface area (Å²) >= 11 is 0. The summed E-state index contributed by atoms with van der Waals surface area (Å²) in [6.07, 6.45) is 1.46. The van der Waals surface area contributed by atoms with E-state index < -0.39 is 10.0 Å². The molecule has 7 heteroatoms. The van der Waals surface area contributed by atoms with Crippen molar-refractivity contribution in [2.45, 2.75) is 25.3 Å². The second kappa shape index (κ2) is 5.02. The molecule has 0 saturated carbocycles. The van der Waals surface area contributed by atoms with Crippen LogP contribution in [0.3, 0.4) is 0 Å². The SMILES string of the molecule is Cc1ccc(N)c(C)c1S(=O)(=O)NCc1ccno1. The van der Waals surface area contributed by atoms with Crippen molar-refractivity contribution in [3.8, 4) is 0 Å². The molecular formula is C12H15N3O3S. The molecule has 0 radical (unpaired) electrons. The van der Waals surface area contributed by atoms with Gasteiger partial charge < -0.3 is 10.3 Å². The van der Waals surface area contributed by atoms with Gasteiger partial charge in [-0.3, -0.25) is 0 Å². The molecule has 6 nitrogen and oxygen atoms in total. The van der Waals surface area contributed by atoms with Gasteiger partial charge in [0.2, 0.25) is 10.0 Å². The number of hydrogen-bond acceptors (Lipinski definition) is 5. The van der Waals surface area contributed by atoms with Gasteiger partial charge in [0.05, 0.1) is 17.6 Å². The summed E-state index contributed by atoms with van der Waals surface area (Å²) in [5.41, 5.74) is 7.40. The Morgan fingerprint density at radius 2 is 2.05 bits per heavy atom. The zero-order valence-corrected chi connectivity index (χ0v) is 11.5. The fraction of sp³-hybridized carbons (Fsp3) is 0.250. The van der Waals surface area contributed by atoms with Crippen molar-refractivity contribution in [3.05, 3.63) is 41.3 Å². The minimum Gasteiger partial charge on any atom is -0.398 e. The monoisotopic (exact) mass is 281 g/mol. The number of rotatable bonds is 4. The second-order valence-corrected chi connectivity index (χ2v) is 5.93. The van der Waals surface area contributed by atoms with Gasteiger partial charge in [0, 0.05) is 11.8 Å². The number of aromatic nitrogens is 1. The molecular weight excluding hydrogens is 266 g/mol. The van der Waals surface area contributed by atoms with Gasteiger partial charge in [-0.05, 0) is 31.0 Å². The zero-order valence-electron chi connectivity index (χ0n) is 10.7. The van der Waals surface area contributed by atoms with E-state index in [1.807, 2.05) is 0 Å². The Morgan fingerprint density at radius 3 is 2.68 bits per heavy atom. The fourth-order valence-corrected chi connectivity index (χ4v) is 3.32. The predicted octanol–water partition coefficient (Wildman–Crippen LogP) is 1.35. The highest BCUT2D eigenvalue weighted by molar-refractivity contribution is 7.89. The van der Waals surface area contributed by atoms with E-state index in [9.17, 15) is 8.42 Å². The molecule has 0 amide bonds. The lowest BCUT2D eigenvalue weighted by Gasteiger charge is -2.13. The molecule has 0 aliphatic carbocycles. The second-order valence-electron chi connectivity index (χ2n) is 4.23. The Balaban J connectivity index is 2.32. The molecule has 19 heavy (non-hydrogen) atoms. The average Bonchev–Trinajstić information content (AvgIpc) is 2.85. The van der Waals surface area contributed by atoms with E-state index >= 15 is 0 Å². The molecule has 1 aromatic carbocycles. The Morgan fingerprint density at radius 1 is 1.32 bits per heavy atom. The van der Waals surface area contributed by atoms with Crippen LogP contribution in [0.1, 0.15) is 16.9 Å². The van der Waals surface area contributed by atoms with Crippen molar-refractivity contribution in [3.63, 3.8) is 0 Å². The molecule has 2 rings (SSSR count). The van der Waals surface area contributed by atoms with E-state index in [0.717, 1.165) is 0 Å². The maximum absolute atomic E-state index is 12.3. The van der Waals surface area contributed by atoms with Crippen molar-refractivity contribution in [2.24, 2.45) is 0 Å². The minimum absolute atomic E-state index is 0.0516. The highest BCUT2D eigenvalue weighted by atomic mass is 32.2. The average molecular weight is 281 g/mol. The lowest BCUT2D eigenvalue weighted by Crippen LogP contribution is -2.25. The van der Waals surface area contributed by atoms with Crippen molar-refractivity contribution >= 4 is 15.7 Å². The lowest BCUT2D eigenvalue weighted by molar-refractivity contribution is 0.380. The van der Waals surface area contributed by atoms with Crippen LogP contribution in [0.2, 0.25) is 0 Å². The Hall–Kier alpha value is -1.86. The maximum Gasteiger partial charge on any atom is 0.241 e. The molecule has 0 spiro atoms. The third kappa shape index (κ3) is 2.77. The van der Waals surface area contributed by atoms with Crippen molar-refractivity contribution in [1.29, 1.82) is 0 Å². The molecule has 2 aromatic rings. The molecule has 0 aliphatic rings. The molecule has 0 aliphatic heterocycles. The first-order chi connectivity index (χ1) is 8.92.